The monoisotopic (exact) mass is 240 g/mol. The van der Waals surface area contributed by atoms with E-state index in [1.807, 2.05) is 6.08 Å². The van der Waals surface area contributed by atoms with Crippen LogP contribution in [0.1, 0.15) is 48.5 Å². The summed E-state index contributed by atoms with van der Waals surface area (Å²) < 4.78 is 0. The molecule has 0 fully saturated rings. The van der Waals surface area contributed by atoms with E-state index < -0.39 is 0 Å². The first-order valence-electron chi connectivity index (χ1n) is 6.67. The summed E-state index contributed by atoms with van der Waals surface area (Å²) in [6.07, 6.45) is 1.99. The van der Waals surface area contributed by atoms with Gasteiger partial charge < -0.3 is 5.32 Å². The summed E-state index contributed by atoms with van der Waals surface area (Å²) in [5.41, 5.74) is 0.471. The molecule has 0 unspecified atom stereocenters. The zero-order valence-corrected chi connectivity index (χ0v) is 12.9. The van der Waals surface area contributed by atoms with Crippen LogP contribution in [0.4, 0.5) is 0 Å². The highest BCUT2D eigenvalue weighted by Gasteiger charge is 2.24. The minimum atomic E-state index is 0.193. The molecule has 0 saturated carbocycles. The Bertz CT molecular complexity index is 224. The van der Waals surface area contributed by atoms with Crippen molar-refractivity contribution >= 4 is 0 Å². The maximum Gasteiger partial charge on any atom is 0.0163 e. The lowest BCUT2D eigenvalue weighted by atomic mass is 9.90. The second-order valence-corrected chi connectivity index (χ2v) is 7.08. The third-order valence-corrected chi connectivity index (χ3v) is 2.82. The molecule has 0 aliphatic carbocycles. The molecule has 102 valence electrons. The average Bonchev–Trinajstić information content (AvgIpc) is 2.13. The summed E-state index contributed by atoms with van der Waals surface area (Å²) in [6, 6.07) is 0.571. The second-order valence-electron chi connectivity index (χ2n) is 7.08. The third-order valence-electron chi connectivity index (χ3n) is 2.82. The Balaban J connectivity index is 4.34. The van der Waals surface area contributed by atoms with E-state index in [-0.39, 0.29) is 11.0 Å². The van der Waals surface area contributed by atoms with Gasteiger partial charge in [0, 0.05) is 31.2 Å². The molecule has 0 aliphatic heterocycles. The van der Waals surface area contributed by atoms with E-state index in [9.17, 15) is 0 Å². The number of rotatable bonds is 7. The van der Waals surface area contributed by atoms with Crippen LogP contribution in [0.25, 0.3) is 0 Å². The lowest BCUT2D eigenvalue weighted by molar-refractivity contribution is 0.149. The lowest BCUT2D eigenvalue weighted by Gasteiger charge is -2.36. The molecule has 1 N–H and O–H groups in total. The molecule has 0 heterocycles. The summed E-state index contributed by atoms with van der Waals surface area (Å²) in [4.78, 5) is 2.47. The van der Waals surface area contributed by atoms with Crippen molar-refractivity contribution in [1.29, 1.82) is 0 Å². The highest BCUT2D eigenvalue weighted by molar-refractivity contribution is 4.84. The molecule has 0 aliphatic rings. The van der Waals surface area contributed by atoms with Gasteiger partial charge >= 0.3 is 0 Å². The molecule has 0 amide bonds. The van der Waals surface area contributed by atoms with E-state index in [2.05, 4.69) is 65.3 Å². The summed E-state index contributed by atoms with van der Waals surface area (Å²) in [6.45, 7) is 22.7. The average molecular weight is 240 g/mol. The number of hydrogen-bond acceptors (Lipinski definition) is 2. The third kappa shape index (κ3) is 8.39. The Kier molecular flexibility index (Phi) is 6.42. The van der Waals surface area contributed by atoms with Crippen molar-refractivity contribution in [3.05, 3.63) is 12.7 Å². The fraction of sp³-hybridized carbons (Fsp3) is 0.867. The van der Waals surface area contributed by atoms with Gasteiger partial charge in [0.2, 0.25) is 0 Å². The van der Waals surface area contributed by atoms with Crippen LogP contribution in [0, 0.1) is 5.41 Å². The molecule has 0 aromatic carbocycles. The Morgan fingerprint density at radius 2 is 1.71 bits per heavy atom. The normalized spacial score (nSPS) is 13.5. The van der Waals surface area contributed by atoms with Crippen molar-refractivity contribution < 1.29 is 0 Å². The zero-order chi connectivity index (χ0) is 13.7. The highest BCUT2D eigenvalue weighted by atomic mass is 15.2. The van der Waals surface area contributed by atoms with E-state index in [1.54, 1.807) is 0 Å². The van der Waals surface area contributed by atoms with Crippen molar-refractivity contribution in [1.82, 2.24) is 10.2 Å². The smallest absolute Gasteiger partial charge is 0.0163 e. The Labute approximate surface area is 108 Å². The molecule has 0 radical (unpaired) electrons. The van der Waals surface area contributed by atoms with E-state index in [4.69, 9.17) is 0 Å². The molecule has 0 saturated heterocycles. The summed E-state index contributed by atoms with van der Waals surface area (Å²) in [7, 11) is 0. The fourth-order valence-electron chi connectivity index (χ4n) is 1.73. The second kappa shape index (κ2) is 6.55. The van der Waals surface area contributed by atoms with Crippen LogP contribution in [0.15, 0.2) is 12.7 Å². The topological polar surface area (TPSA) is 15.3 Å². The highest BCUT2D eigenvalue weighted by Crippen LogP contribution is 2.18. The number of nitrogens with one attached hydrogen (secondary N) is 1. The molecule has 0 rings (SSSR count). The standard InChI is InChI=1S/C15H32N2/c1-9-10-17(13(2)3)12-15(7,8)11-16-14(4,5)6/h9,13,16H,1,10-12H2,2-8H3. The van der Waals surface area contributed by atoms with Gasteiger partial charge in [-0.1, -0.05) is 19.9 Å². The SMILES string of the molecule is C=CCN(CC(C)(C)CNC(C)(C)C)C(C)C. The summed E-state index contributed by atoms with van der Waals surface area (Å²) in [5, 5.41) is 3.60. The van der Waals surface area contributed by atoms with Gasteiger partial charge in [-0.25, -0.2) is 0 Å². The van der Waals surface area contributed by atoms with Crippen molar-refractivity contribution in [2.24, 2.45) is 5.41 Å². The Morgan fingerprint density at radius 3 is 2.06 bits per heavy atom. The van der Waals surface area contributed by atoms with Crippen LogP contribution >= 0.6 is 0 Å². The van der Waals surface area contributed by atoms with Crippen LogP contribution in [0.5, 0.6) is 0 Å². The largest absolute Gasteiger partial charge is 0.311 e. The van der Waals surface area contributed by atoms with Gasteiger partial charge in [0.25, 0.3) is 0 Å². The van der Waals surface area contributed by atoms with Crippen LogP contribution in [0.3, 0.4) is 0 Å². The summed E-state index contributed by atoms with van der Waals surface area (Å²) in [5.74, 6) is 0. The first kappa shape index (κ1) is 16.7. The molecule has 0 spiro atoms. The number of hydrogen-bond donors (Lipinski definition) is 1. The lowest BCUT2D eigenvalue weighted by Crippen LogP contribution is -2.47. The molecular formula is C15H32N2. The summed E-state index contributed by atoms with van der Waals surface area (Å²) >= 11 is 0. The first-order valence-corrected chi connectivity index (χ1v) is 6.67. The maximum absolute atomic E-state index is 3.84. The minimum absolute atomic E-state index is 0.193. The van der Waals surface area contributed by atoms with Crippen molar-refractivity contribution in [2.75, 3.05) is 19.6 Å². The molecule has 2 nitrogen and oxygen atoms in total. The van der Waals surface area contributed by atoms with E-state index in [0.717, 1.165) is 19.6 Å². The first-order chi connectivity index (χ1) is 7.57. The van der Waals surface area contributed by atoms with Crippen molar-refractivity contribution in [3.8, 4) is 0 Å². The van der Waals surface area contributed by atoms with Crippen LogP contribution in [0.2, 0.25) is 0 Å². The van der Waals surface area contributed by atoms with Gasteiger partial charge in [-0.3, -0.25) is 4.90 Å². The predicted octanol–water partition coefficient (Wildman–Crippen LogP) is 3.30. The number of nitrogens with zero attached hydrogens (tertiary/aromatic N) is 1. The molecule has 0 bridgehead atoms. The maximum atomic E-state index is 3.84. The van der Waals surface area contributed by atoms with Gasteiger partial charge in [-0.2, -0.15) is 0 Å². The zero-order valence-electron chi connectivity index (χ0n) is 12.9. The Morgan fingerprint density at radius 1 is 1.18 bits per heavy atom. The van der Waals surface area contributed by atoms with Crippen LogP contribution in [-0.2, 0) is 0 Å². The van der Waals surface area contributed by atoms with Gasteiger partial charge in [0.05, 0.1) is 0 Å². The van der Waals surface area contributed by atoms with Gasteiger partial charge in [0.15, 0.2) is 0 Å². The molecule has 0 atom stereocenters. The van der Waals surface area contributed by atoms with Crippen LogP contribution < -0.4 is 5.32 Å². The molecule has 17 heavy (non-hydrogen) atoms. The van der Waals surface area contributed by atoms with Crippen molar-refractivity contribution in [2.45, 2.75) is 60.0 Å². The van der Waals surface area contributed by atoms with E-state index >= 15 is 0 Å². The molecule has 0 aromatic rings. The van der Waals surface area contributed by atoms with Gasteiger partial charge in [0.1, 0.15) is 0 Å². The fourth-order valence-corrected chi connectivity index (χ4v) is 1.73. The Hall–Kier alpha value is -0.340. The van der Waals surface area contributed by atoms with E-state index in [1.165, 1.54) is 0 Å². The van der Waals surface area contributed by atoms with E-state index in [0.29, 0.717) is 6.04 Å². The molecular weight excluding hydrogens is 208 g/mol. The minimum Gasteiger partial charge on any atom is -0.311 e. The predicted molar refractivity (Wildman–Crippen MR) is 78.4 cm³/mol. The molecule has 2 heteroatoms. The van der Waals surface area contributed by atoms with Crippen LogP contribution in [-0.4, -0.2) is 36.1 Å². The van der Waals surface area contributed by atoms with Gasteiger partial charge in [-0.05, 0) is 40.0 Å². The quantitative estimate of drug-likeness (QED) is 0.687. The van der Waals surface area contributed by atoms with Crippen molar-refractivity contribution in [3.63, 3.8) is 0 Å². The van der Waals surface area contributed by atoms with Gasteiger partial charge in [-0.15, -0.1) is 6.58 Å². The molecule has 0 aromatic heterocycles.